The third kappa shape index (κ3) is 8.24. The Labute approximate surface area is 254 Å². The Balaban J connectivity index is 1.54. The first-order chi connectivity index (χ1) is 21.0. The van der Waals surface area contributed by atoms with E-state index in [0.29, 0.717) is 24.5 Å². The van der Waals surface area contributed by atoms with Crippen molar-refractivity contribution in [2.75, 3.05) is 39.2 Å². The van der Waals surface area contributed by atoms with Gasteiger partial charge in [0.15, 0.2) is 11.5 Å². The van der Waals surface area contributed by atoms with Crippen LogP contribution in [0.15, 0.2) is 72.9 Å². The number of aromatic nitrogens is 1. The van der Waals surface area contributed by atoms with E-state index in [9.17, 15) is 22.8 Å². The van der Waals surface area contributed by atoms with Crippen LogP contribution in [-0.4, -0.2) is 60.6 Å². The molecule has 4 aromatic rings. The molecule has 0 unspecified atom stereocenters. The summed E-state index contributed by atoms with van der Waals surface area (Å²) in [5.74, 6) is 0.858. The number of urea groups is 1. The van der Waals surface area contributed by atoms with Crippen molar-refractivity contribution in [2.45, 2.75) is 33.0 Å². The van der Waals surface area contributed by atoms with Gasteiger partial charge in [0.2, 0.25) is 5.91 Å². The van der Waals surface area contributed by atoms with E-state index in [4.69, 9.17) is 9.47 Å². The number of methoxy groups -OCH3 is 2. The highest BCUT2D eigenvalue weighted by Gasteiger charge is 2.30. The maximum atomic E-state index is 13.9. The zero-order valence-corrected chi connectivity index (χ0v) is 25.2. The Morgan fingerprint density at radius 2 is 1.64 bits per heavy atom. The molecule has 0 aliphatic carbocycles. The number of hydrogen-bond donors (Lipinski definition) is 2. The number of hydrogen-bond acceptors (Lipinski definition) is 4. The van der Waals surface area contributed by atoms with E-state index in [2.05, 4.69) is 10.3 Å². The zero-order valence-electron chi connectivity index (χ0n) is 25.2. The maximum Gasteiger partial charge on any atom is 0.416 e. The lowest BCUT2D eigenvalue weighted by atomic mass is 10.1. The first-order valence-corrected chi connectivity index (χ1v) is 14.2. The number of rotatable bonds is 12. The summed E-state index contributed by atoms with van der Waals surface area (Å²) in [5, 5.41) is 3.71. The van der Waals surface area contributed by atoms with Crippen LogP contribution in [0.25, 0.3) is 10.9 Å². The third-order valence-electron chi connectivity index (χ3n) is 7.16. The van der Waals surface area contributed by atoms with Crippen molar-refractivity contribution >= 4 is 28.5 Å². The highest BCUT2D eigenvalue weighted by atomic mass is 19.4. The van der Waals surface area contributed by atoms with Gasteiger partial charge in [-0.3, -0.25) is 4.79 Å². The van der Waals surface area contributed by atoms with Crippen LogP contribution in [0, 0.1) is 5.92 Å². The molecule has 0 atom stereocenters. The normalized spacial score (nSPS) is 11.5. The molecule has 1 heterocycles. The molecular weight excluding hydrogens is 573 g/mol. The number of amides is 3. The van der Waals surface area contributed by atoms with Gasteiger partial charge in [0.1, 0.15) is 6.54 Å². The summed E-state index contributed by atoms with van der Waals surface area (Å²) in [6, 6.07) is 17.0. The number of carbonyl (C=O) groups excluding carboxylic acids is 2. The van der Waals surface area contributed by atoms with Gasteiger partial charge in [-0.2, -0.15) is 13.2 Å². The third-order valence-corrected chi connectivity index (χ3v) is 7.16. The molecule has 3 amide bonds. The number of anilines is 1. The van der Waals surface area contributed by atoms with Crippen LogP contribution in [0.3, 0.4) is 0 Å². The molecule has 0 bridgehead atoms. The number of H-pyrrole nitrogens is 1. The number of alkyl halides is 3. The molecule has 0 radical (unpaired) electrons. The van der Waals surface area contributed by atoms with Crippen LogP contribution in [0.1, 0.15) is 30.5 Å². The van der Waals surface area contributed by atoms with Crippen molar-refractivity contribution in [3.63, 3.8) is 0 Å². The fraction of sp³-hybridized carbons (Fsp3) is 0.333. The fourth-order valence-corrected chi connectivity index (χ4v) is 4.95. The second-order valence-electron chi connectivity index (χ2n) is 10.9. The van der Waals surface area contributed by atoms with E-state index in [1.165, 1.54) is 17.0 Å². The van der Waals surface area contributed by atoms with Gasteiger partial charge in [-0.15, -0.1) is 0 Å². The number of halogens is 3. The van der Waals surface area contributed by atoms with Gasteiger partial charge >= 0.3 is 12.2 Å². The highest BCUT2D eigenvalue weighted by molar-refractivity contribution is 5.92. The van der Waals surface area contributed by atoms with E-state index in [0.717, 1.165) is 34.2 Å². The molecule has 11 heteroatoms. The Kier molecular flexibility index (Phi) is 10.4. The van der Waals surface area contributed by atoms with Crippen LogP contribution in [0.4, 0.5) is 23.7 Å². The molecule has 0 aliphatic heterocycles. The molecule has 0 saturated heterocycles. The second kappa shape index (κ2) is 14.2. The summed E-state index contributed by atoms with van der Waals surface area (Å²) in [6.07, 6.45) is -1.97. The first-order valence-electron chi connectivity index (χ1n) is 14.2. The molecule has 2 N–H and O–H groups in total. The highest BCUT2D eigenvalue weighted by Crippen LogP contribution is 2.30. The predicted octanol–water partition coefficient (Wildman–Crippen LogP) is 6.97. The van der Waals surface area contributed by atoms with Crippen molar-refractivity contribution in [3.8, 4) is 11.5 Å². The molecule has 0 aliphatic rings. The van der Waals surface area contributed by atoms with Gasteiger partial charge in [-0.25, -0.2) is 4.79 Å². The average Bonchev–Trinajstić information content (AvgIpc) is 3.41. The monoisotopic (exact) mass is 610 g/mol. The predicted molar refractivity (Wildman–Crippen MR) is 164 cm³/mol. The Morgan fingerprint density at radius 1 is 0.932 bits per heavy atom. The summed E-state index contributed by atoms with van der Waals surface area (Å²) < 4.78 is 49.8. The lowest BCUT2D eigenvalue weighted by molar-refractivity contribution is -0.137. The molecular formula is C33H37F3N4O4. The van der Waals surface area contributed by atoms with Crippen molar-refractivity contribution < 1.29 is 32.2 Å². The van der Waals surface area contributed by atoms with Gasteiger partial charge in [0.05, 0.1) is 19.8 Å². The van der Waals surface area contributed by atoms with Crippen LogP contribution in [0.5, 0.6) is 11.5 Å². The van der Waals surface area contributed by atoms with Crippen molar-refractivity contribution in [1.29, 1.82) is 0 Å². The Bertz CT molecular complexity index is 1570. The lowest BCUT2D eigenvalue weighted by Crippen LogP contribution is -2.46. The summed E-state index contributed by atoms with van der Waals surface area (Å²) in [5.41, 5.74) is 2.27. The fourth-order valence-electron chi connectivity index (χ4n) is 4.95. The molecule has 44 heavy (non-hydrogen) atoms. The molecule has 0 saturated carbocycles. The van der Waals surface area contributed by atoms with Crippen LogP contribution < -0.4 is 14.8 Å². The van der Waals surface area contributed by atoms with Crippen molar-refractivity contribution in [2.24, 2.45) is 5.92 Å². The van der Waals surface area contributed by atoms with Gasteiger partial charge in [0.25, 0.3) is 0 Å². The smallest absolute Gasteiger partial charge is 0.416 e. The standard InChI is InChI=1S/C33H37F3N4O4/c1-22(2)19-40(32(42)38-26-12-10-25(11-13-26)33(34,35)36)21-31(41)39(20-23-9-14-29(43-3)30(17-23)44-4)16-15-24-18-37-28-8-6-5-7-27(24)28/h5-14,17-18,22,37H,15-16,19-21H2,1-4H3,(H,38,42). The van der Waals surface area contributed by atoms with Gasteiger partial charge in [0, 0.05) is 42.4 Å². The molecule has 234 valence electrons. The van der Waals surface area contributed by atoms with E-state index in [-0.39, 0.29) is 37.1 Å². The maximum absolute atomic E-state index is 13.9. The summed E-state index contributed by atoms with van der Waals surface area (Å²) >= 11 is 0. The number of benzene rings is 3. The van der Waals surface area contributed by atoms with E-state index >= 15 is 0 Å². The topological polar surface area (TPSA) is 86.9 Å². The molecule has 3 aromatic carbocycles. The number of nitrogens with one attached hydrogen (secondary N) is 2. The number of para-hydroxylation sites is 1. The van der Waals surface area contributed by atoms with E-state index < -0.39 is 17.8 Å². The summed E-state index contributed by atoms with van der Waals surface area (Å²) in [6.45, 7) is 4.53. The van der Waals surface area contributed by atoms with Crippen molar-refractivity contribution in [3.05, 3.63) is 89.6 Å². The SMILES string of the molecule is COc1ccc(CN(CCc2c[nH]c3ccccc23)C(=O)CN(CC(C)C)C(=O)Nc2ccc(C(F)(F)F)cc2)cc1OC. The number of fused-ring (bicyclic) bond motifs is 1. The largest absolute Gasteiger partial charge is 0.493 e. The second-order valence-corrected chi connectivity index (χ2v) is 10.9. The zero-order chi connectivity index (χ0) is 31.9. The van der Waals surface area contributed by atoms with E-state index in [1.807, 2.05) is 56.4 Å². The molecule has 0 spiro atoms. The molecule has 8 nitrogen and oxygen atoms in total. The number of nitrogens with zero attached hydrogens (tertiary/aromatic N) is 2. The minimum Gasteiger partial charge on any atom is -0.493 e. The van der Waals surface area contributed by atoms with Gasteiger partial charge in [-0.05, 0) is 65.9 Å². The van der Waals surface area contributed by atoms with Crippen molar-refractivity contribution in [1.82, 2.24) is 14.8 Å². The number of carbonyl (C=O) groups is 2. The number of aromatic amines is 1. The van der Waals surface area contributed by atoms with Crippen LogP contribution in [0.2, 0.25) is 0 Å². The average molecular weight is 611 g/mol. The summed E-state index contributed by atoms with van der Waals surface area (Å²) in [4.78, 5) is 33.5. The molecule has 4 rings (SSSR count). The van der Waals surface area contributed by atoms with Crippen LogP contribution in [-0.2, 0) is 23.9 Å². The first kappa shape index (κ1) is 32.2. The lowest BCUT2D eigenvalue weighted by Gasteiger charge is -2.29. The van der Waals surface area contributed by atoms with Gasteiger partial charge < -0.3 is 29.6 Å². The van der Waals surface area contributed by atoms with Gasteiger partial charge in [-0.1, -0.05) is 38.1 Å². The molecule has 0 fully saturated rings. The number of ether oxygens (including phenoxy) is 2. The minimum atomic E-state index is -4.48. The molecule has 1 aromatic heterocycles. The van der Waals surface area contributed by atoms with E-state index in [1.54, 1.807) is 25.2 Å². The Hall–Kier alpha value is -4.67. The Morgan fingerprint density at radius 3 is 2.30 bits per heavy atom. The minimum absolute atomic E-state index is 0.0340. The van der Waals surface area contributed by atoms with Crippen LogP contribution >= 0.6 is 0 Å². The quantitative estimate of drug-likeness (QED) is 0.182. The summed E-state index contributed by atoms with van der Waals surface area (Å²) in [7, 11) is 3.09.